The fraction of sp³-hybridized carbons (Fsp3) is 0.333. The minimum atomic E-state index is 0.477. The van der Waals surface area contributed by atoms with Gasteiger partial charge in [0.1, 0.15) is 24.7 Å². The summed E-state index contributed by atoms with van der Waals surface area (Å²) >= 11 is 1.82. The number of ether oxygens (including phenoxy) is 6. The molecular weight excluding hydrogens is 574 g/mol. The summed E-state index contributed by atoms with van der Waals surface area (Å²) in [7, 11) is 0. The van der Waals surface area contributed by atoms with Gasteiger partial charge in [0, 0.05) is 16.3 Å². The molecule has 4 aromatic rings. The van der Waals surface area contributed by atoms with Gasteiger partial charge in [-0.05, 0) is 77.7 Å². The third-order valence-corrected chi connectivity index (χ3v) is 8.57. The summed E-state index contributed by atoms with van der Waals surface area (Å²) in [6.45, 7) is 8.15. The molecule has 7 nitrogen and oxygen atoms in total. The summed E-state index contributed by atoms with van der Waals surface area (Å²) in [6, 6.07) is 30.0. The van der Waals surface area contributed by atoms with Crippen LogP contribution in [0.5, 0.6) is 11.5 Å². The first-order valence-corrected chi connectivity index (χ1v) is 16.1. The lowest BCUT2D eigenvalue weighted by atomic mass is 10.0. The molecule has 8 bridgehead atoms. The second kappa shape index (κ2) is 15.5. The maximum atomic E-state index is 6.00. The number of fused-ring (bicyclic) bond motifs is 8. The molecule has 4 aromatic carbocycles. The lowest BCUT2D eigenvalue weighted by Crippen LogP contribution is -2.20. The van der Waals surface area contributed by atoms with Gasteiger partial charge in [0.2, 0.25) is 0 Å². The molecule has 0 aliphatic carbocycles. The van der Waals surface area contributed by atoms with Crippen LogP contribution < -0.4 is 14.4 Å². The molecule has 0 N–H and O–H groups in total. The maximum Gasteiger partial charge on any atom is 0.120 e. The van der Waals surface area contributed by atoms with E-state index < -0.39 is 0 Å². The van der Waals surface area contributed by atoms with Gasteiger partial charge in [0.15, 0.2) is 0 Å². The number of anilines is 2. The number of hydrogen-bond acceptors (Lipinski definition) is 8. The van der Waals surface area contributed by atoms with Gasteiger partial charge in [-0.1, -0.05) is 48.2 Å². The predicted molar refractivity (Wildman–Crippen MR) is 175 cm³/mol. The topological polar surface area (TPSA) is 58.6 Å². The SMILES string of the molecule is CCN1c2ccc3cc2Sc2cc(ccc21)-c1cccc(c1)OCCOCCOCCOCCOCCOc1cccc-3c1. The molecule has 2 heterocycles. The standard InChI is InChI=1S/C36H39NO6S/c1-2-37-33-11-9-29-25-35(33)44-36-26-30(10-12-34(36)37)28-6-4-8-32(24-28)43-22-20-41-18-16-39-14-13-38-15-17-40-19-21-42-31-7-3-5-27(29)23-31/h3-12,23-26H,2,13-22H2,1H3. The van der Waals surface area contributed by atoms with Crippen molar-refractivity contribution in [2.45, 2.75) is 16.7 Å². The van der Waals surface area contributed by atoms with E-state index in [1.807, 2.05) is 36.0 Å². The van der Waals surface area contributed by atoms with Crippen LogP contribution >= 0.6 is 11.8 Å². The summed E-state index contributed by atoms with van der Waals surface area (Å²) < 4.78 is 34.5. The van der Waals surface area contributed by atoms with Crippen molar-refractivity contribution in [2.24, 2.45) is 0 Å². The Hall–Kier alpha value is -3.53. The summed E-state index contributed by atoms with van der Waals surface area (Å²) in [6.07, 6.45) is 0. The third-order valence-electron chi connectivity index (χ3n) is 7.48. The summed E-state index contributed by atoms with van der Waals surface area (Å²) in [5.74, 6) is 1.66. The van der Waals surface area contributed by atoms with E-state index >= 15 is 0 Å². The van der Waals surface area contributed by atoms with Crippen molar-refractivity contribution in [3.05, 3.63) is 84.9 Å². The second-order valence-electron chi connectivity index (χ2n) is 10.4. The first kappa shape index (κ1) is 30.5. The Labute approximate surface area is 264 Å². The zero-order chi connectivity index (χ0) is 30.0. The van der Waals surface area contributed by atoms with Crippen molar-refractivity contribution in [2.75, 3.05) is 77.5 Å². The second-order valence-corrected chi connectivity index (χ2v) is 11.5. The smallest absolute Gasteiger partial charge is 0.120 e. The number of nitrogens with zero attached hydrogens (tertiary/aromatic N) is 1. The van der Waals surface area contributed by atoms with Crippen LogP contribution in [0.15, 0.2) is 94.7 Å². The van der Waals surface area contributed by atoms with E-state index in [0.29, 0.717) is 66.1 Å². The lowest BCUT2D eigenvalue weighted by Gasteiger charge is -2.32. The molecule has 6 rings (SSSR count). The van der Waals surface area contributed by atoms with Crippen molar-refractivity contribution in [1.82, 2.24) is 0 Å². The van der Waals surface area contributed by atoms with Gasteiger partial charge in [-0.3, -0.25) is 0 Å². The fourth-order valence-electron chi connectivity index (χ4n) is 5.32. The molecule has 0 amide bonds. The van der Waals surface area contributed by atoms with Crippen LogP contribution in [-0.4, -0.2) is 72.6 Å². The number of benzene rings is 4. The Morgan fingerprint density at radius 1 is 0.500 bits per heavy atom. The largest absolute Gasteiger partial charge is 0.491 e. The molecule has 0 unspecified atom stereocenters. The van der Waals surface area contributed by atoms with E-state index in [9.17, 15) is 0 Å². The molecule has 44 heavy (non-hydrogen) atoms. The maximum absolute atomic E-state index is 6.00. The highest BCUT2D eigenvalue weighted by atomic mass is 32.2. The van der Waals surface area contributed by atoms with E-state index in [2.05, 4.69) is 72.5 Å². The zero-order valence-corrected chi connectivity index (χ0v) is 26.0. The first-order chi connectivity index (χ1) is 21.8. The van der Waals surface area contributed by atoms with E-state index in [1.165, 1.54) is 21.2 Å². The van der Waals surface area contributed by atoms with E-state index in [0.717, 1.165) is 40.3 Å². The molecular formula is C36H39NO6S. The van der Waals surface area contributed by atoms with Crippen molar-refractivity contribution in [3.63, 3.8) is 0 Å². The van der Waals surface area contributed by atoms with Crippen molar-refractivity contribution >= 4 is 23.1 Å². The Bertz CT molecular complexity index is 1420. The van der Waals surface area contributed by atoms with Gasteiger partial charge in [0.25, 0.3) is 0 Å². The van der Waals surface area contributed by atoms with Gasteiger partial charge < -0.3 is 33.3 Å². The minimum absolute atomic E-state index is 0.477. The monoisotopic (exact) mass is 613 g/mol. The average molecular weight is 614 g/mol. The lowest BCUT2D eigenvalue weighted by molar-refractivity contribution is -0.00698. The normalized spacial score (nSPS) is 16.7. The van der Waals surface area contributed by atoms with Crippen molar-refractivity contribution in [3.8, 4) is 33.8 Å². The van der Waals surface area contributed by atoms with Crippen LogP contribution in [0.25, 0.3) is 22.3 Å². The van der Waals surface area contributed by atoms with Gasteiger partial charge in [-0.25, -0.2) is 0 Å². The highest BCUT2D eigenvalue weighted by Gasteiger charge is 2.23. The molecule has 0 saturated carbocycles. The molecule has 0 spiro atoms. The highest BCUT2D eigenvalue weighted by Crippen LogP contribution is 2.50. The van der Waals surface area contributed by atoms with Crippen LogP contribution in [0.4, 0.5) is 11.4 Å². The molecule has 230 valence electrons. The molecule has 0 atom stereocenters. The fourth-order valence-corrected chi connectivity index (χ4v) is 6.49. The molecule has 8 heteroatoms. The molecule has 0 radical (unpaired) electrons. The number of hydrogen-bond donors (Lipinski definition) is 0. The molecule has 0 fully saturated rings. The van der Waals surface area contributed by atoms with Crippen LogP contribution in [0, 0.1) is 0 Å². The molecule has 0 aromatic heterocycles. The van der Waals surface area contributed by atoms with Gasteiger partial charge >= 0.3 is 0 Å². The molecule has 2 aliphatic heterocycles. The predicted octanol–water partition coefficient (Wildman–Crippen LogP) is 7.48. The van der Waals surface area contributed by atoms with Gasteiger partial charge in [0.05, 0.1) is 64.2 Å². The van der Waals surface area contributed by atoms with Crippen LogP contribution in [-0.2, 0) is 18.9 Å². The summed E-state index contributed by atoms with van der Waals surface area (Å²) in [5.41, 5.74) is 7.02. The molecule has 2 aliphatic rings. The van der Waals surface area contributed by atoms with Gasteiger partial charge in [-0.15, -0.1) is 0 Å². The Kier molecular flexibility index (Phi) is 10.7. The zero-order valence-electron chi connectivity index (χ0n) is 25.2. The summed E-state index contributed by atoms with van der Waals surface area (Å²) in [5, 5.41) is 0. The quantitative estimate of drug-likeness (QED) is 0.219. The number of rotatable bonds is 1. The van der Waals surface area contributed by atoms with Crippen LogP contribution in [0.2, 0.25) is 0 Å². The highest BCUT2D eigenvalue weighted by molar-refractivity contribution is 7.99. The minimum Gasteiger partial charge on any atom is -0.491 e. The Morgan fingerprint density at radius 3 is 1.34 bits per heavy atom. The Morgan fingerprint density at radius 2 is 0.909 bits per heavy atom. The third kappa shape index (κ3) is 7.75. The van der Waals surface area contributed by atoms with Gasteiger partial charge in [-0.2, -0.15) is 0 Å². The summed E-state index contributed by atoms with van der Waals surface area (Å²) in [4.78, 5) is 4.87. The van der Waals surface area contributed by atoms with E-state index in [1.54, 1.807) is 0 Å². The first-order valence-electron chi connectivity index (χ1n) is 15.3. The average Bonchev–Trinajstić information content (AvgIpc) is 3.06. The van der Waals surface area contributed by atoms with Crippen molar-refractivity contribution < 1.29 is 28.4 Å². The Balaban J connectivity index is 1.24. The van der Waals surface area contributed by atoms with Crippen LogP contribution in [0.3, 0.4) is 0 Å². The van der Waals surface area contributed by atoms with Crippen molar-refractivity contribution in [1.29, 1.82) is 0 Å². The van der Waals surface area contributed by atoms with Crippen LogP contribution in [0.1, 0.15) is 6.92 Å². The van der Waals surface area contributed by atoms with E-state index in [4.69, 9.17) is 28.4 Å². The van der Waals surface area contributed by atoms with E-state index in [-0.39, 0.29) is 0 Å². The molecule has 0 saturated heterocycles.